The highest BCUT2D eigenvalue weighted by molar-refractivity contribution is 7.90. The van der Waals surface area contributed by atoms with Crippen molar-refractivity contribution in [1.29, 1.82) is 0 Å². The second-order valence-electron chi connectivity index (χ2n) is 4.76. The van der Waals surface area contributed by atoms with Gasteiger partial charge in [0.2, 0.25) is 0 Å². The summed E-state index contributed by atoms with van der Waals surface area (Å²) < 4.78 is 27.4. The number of aryl methyl sites for hydroxylation is 1. The highest BCUT2D eigenvalue weighted by Gasteiger charge is 2.35. The Morgan fingerprint density at radius 3 is 2.72 bits per heavy atom. The Balaban J connectivity index is 2.40. The molecule has 1 fully saturated rings. The van der Waals surface area contributed by atoms with Crippen LogP contribution in [0.2, 0.25) is 0 Å². The summed E-state index contributed by atoms with van der Waals surface area (Å²) in [5, 5.41) is 0. The molecule has 0 bridgehead atoms. The zero-order valence-electron chi connectivity index (χ0n) is 10.7. The van der Waals surface area contributed by atoms with Gasteiger partial charge in [-0.3, -0.25) is 4.31 Å². The summed E-state index contributed by atoms with van der Waals surface area (Å²) in [5.74, 6) is 0.166. The second-order valence-corrected chi connectivity index (χ2v) is 6.72. The second kappa shape index (κ2) is 4.87. The third-order valence-electron chi connectivity index (χ3n) is 3.23. The zero-order chi connectivity index (χ0) is 13.3. The highest BCUT2D eigenvalue weighted by Crippen LogP contribution is 2.26. The van der Waals surface area contributed by atoms with E-state index in [0.717, 1.165) is 5.56 Å². The maximum Gasteiger partial charge on any atom is 0.303 e. The minimum absolute atomic E-state index is 0.166. The van der Waals surface area contributed by atoms with Gasteiger partial charge in [0, 0.05) is 26.1 Å². The lowest BCUT2D eigenvalue weighted by atomic mass is 10.1. The van der Waals surface area contributed by atoms with Gasteiger partial charge in [-0.05, 0) is 31.2 Å². The summed E-state index contributed by atoms with van der Waals surface area (Å²) >= 11 is 0. The van der Waals surface area contributed by atoms with Crippen LogP contribution in [0.15, 0.2) is 24.3 Å². The van der Waals surface area contributed by atoms with Crippen molar-refractivity contribution in [3.05, 3.63) is 29.8 Å². The number of nitrogens with zero attached hydrogens (tertiary/aromatic N) is 2. The molecule has 0 saturated carbocycles. The fourth-order valence-corrected chi connectivity index (χ4v) is 3.70. The standard InChI is InChI=1S/C12H19N3O2S/c1-10-4-3-5-12(6-10)15-9-11(7-13)8-14(2)18(15,16)17/h3-6,11H,7-9,13H2,1-2H3. The van der Waals surface area contributed by atoms with Gasteiger partial charge in [0.25, 0.3) is 0 Å². The lowest BCUT2D eigenvalue weighted by Gasteiger charge is -2.38. The molecule has 1 aliphatic heterocycles. The molecule has 18 heavy (non-hydrogen) atoms. The molecule has 0 spiro atoms. The fourth-order valence-electron chi connectivity index (χ4n) is 2.18. The molecule has 1 heterocycles. The molecule has 2 N–H and O–H groups in total. The molecule has 6 heteroatoms. The minimum atomic E-state index is -3.40. The average molecular weight is 269 g/mol. The van der Waals surface area contributed by atoms with Crippen molar-refractivity contribution in [1.82, 2.24) is 4.31 Å². The van der Waals surface area contributed by atoms with Crippen molar-refractivity contribution in [3.63, 3.8) is 0 Å². The van der Waals surface area contributed by atoms with Crippen molar-refractivity contribution < 1.29 is 8.42 Å². The maximum absolute atomic E-state index is 12.3. The van der Waals surface area contributed by atoms with Crippen LogP contribution in [0.1, 0.15) is 5.56 Å². The summed E-state index contributed by atoms with van der Waals surface area (Å²) in [4.78, 5) is 0. The number of nitrogens with two attached hydrogens (primary N) is 1. The van der Waals surface area contributed by atoms with Crippen molar-refractivity contribution in [2.45, 2.75) is 6.92 Å². The first-order chi connectivity index (χ1) is 8.45. The van der Waals surface area contributed by atoms with Gasteiger partial charge in [0.05, 0.1) is 5.69 Å². The topological polar surface area (TPSA) is 66.6 Å². The predicted molar refractivity (Wildman–Crippen MR) is 72.6 cm³/mol. The van der Waals surface area contributed by atoms with E-state index in [-0.39, 0.29) is 5.92 Å². The molecule has 0 radical (unpaired) electrons. The summed E-state index contributed by atoms with van der Waals surface area (Å²) in [6, 6.07) is 7.51. The minimum Gasteiger partial charge on any atom is -0.330 e. The van der Waals surface area contributed by atoms with Crippen LogP contribution in [-0.4, -0.2) is 39.4 Å². The highest BCUT2D eigenvalue weighted by atomic mass is 32.2. The first-order valence-corrected chi connectivity index (χ1v) is 7.35. The Morgan fingerprint density at radius 2 is 2.11 bits per heavy atom. The van der Waals surface area contributed by atoms with E-state index in [9.17, 15) is 8.42 Å². The summed E-state index contributed by atoms with van der Waals surface area (Å²) in [6.45, 7) is 3.38. The van der Waals surface area contributed by atoms with Crippen molar-refractivity contribution in [2.24, 2.45) is 11.7 Å². The Labute approximate surface area is 108 Å². The molecule has 100 valence electrons. The van der Waals surface area contributed by atoms with Crippen LogP contribution in [-0.2, 0) is 10.2 Å². The molecule has 1 aromatic rings. The van der Waals surface area contributed by atoms with E-state index in [4.69, 9.17) is 5.73 Å². The van der Waals surface area contributed by atoms with Crippen LogP contribution >= 0.6 is 0 Å². The molecule has 0 aromatic heterocycles. The zero-order valence-corrected chi connectivity index (χ0v) is 11.5. The molecule has 5 nitrogen and oxygen atoms in total. The lowest BCUT2D eigenvalue weighted by Crippen LogP contribution is -2.53. The van der Waals surface area contributed by atoms with E-state index in [1.165, 1.54) is 8.61 Å². The first-order valence-electron chi connectivity index (χ1n) is 5.96. The van der Waals surface area contributed by atoms with Gasteiger partial charge in [-0.25, -0.2) is 0 Å². The van der Waals surface area contributed by atoms with E-state index in [2.05, 4.69) is 0 Å². The molecular weight excluding hydrogens is 250 g/mol. The maximum atomic E-state index is 12.3. The number of hydrogen-bond donors (Lipinski definition) is 1. The number of rotatable bonds is 2. The number of hydrogen-bond acceptors (Lipinski definition) is 3. The smallest absolute Gasteiger partial charge is 0.303 e. The molecule has 1 saturated heterocycles. The fraction of sp³-hybridized carbons (Fsp3) is 0.500. The van der Waals surface area contributed by atoms with Gasteiger partial charge in [-0.1, -0.05) is 12.1 Å². The quantitative estimate of drug-likeness (QED) is 0.853. The van der Waals surface area contributed by atoms with Gasteiger partial charge >= 0.3 is 10.2 Å². The molecular formula is C12H19N3O2S. The molecule has 0 amide bonds. The van der Waals surface area contributed by atoms with Gasteiger partial charge < -0.3 is 5.73 Å². The average Bonchev–Trinajstić information content (AvgIpc) is 2.32. The number of benzene rings is 1. The monoisotopic (exact) mass is 269 g/mol. The molecule has 1 atom stereocenters. The van der Waals surface area contributed by atoms with E-state index in [1.807, 2.05) is 31.2 Å². The third-order valence-corrected chi connectivity index (χ3v) is 5.09. The Bertz CT molecular complexity index is 530. The van der Waals surface area contributed by atoms with Crippen LogP contribution in [0.4, 0.5) is 5.69 Å². The largest absolute Gasteiger partial charge is 0.330 e. The SMILES string of the molecule is Cc1cccc(N2CC(CN)CN(C)S2(=O)=O)c1. The predicted octanol–water partition coefficient (Wildman–Crippen LogP) is 0.567. The number of anilines is 1. The van der Waals surface area contributed by atoms with Gasteiger partial charge in [0.1, 0.15) is 0 Å². The van der Waals surface area contributed by atoms with Crippen molar-refractivity contribution >= 4 is 15.9 Å². The van der Waals surface area contributed by atoms with Crippen molar-refractivity contribution in [2.75, 3.05) is 31.0 Å². The van der Waals surface area contributed by atoms with Gasteiger partial charge in [0.15, 0.2) is 0 Å². The molecule has 0 aliphatic carbocycles. The van der Waals surface area contributed by atoms with Crippen LogP contribution in [0.3, 0.4) is 0 Å². The normalized spacial score (nSPS) is 24.2. The third kappa shape index (κ3) is 2.36. The molecule has 2 rings (SSSR count). The van der Waals surface area contributed by atoms with E-state index >= 15 is 0 Å². The molecule has 1 aliphatic rings. The van der Waals surface area contributed by atoms with Crippen LogP contribution in [0, 0.1) is 12.8 Å². The summed E-state index contributed by atoms with van der Waals surface area (Å²) in [7, 11) is -1.81. The Morgan fingerprint density at radius 1 is 1.39 bits per heavy atom. The van der Waals surface area contributed by atoms with Crippen LogP contribution < -0.4 is 10.0 Å². The van der Waals surface area contributed by atoms with E-state index in [1.54, 1.807) is 7.05 Å². The summed E-state index contributed by atoms with van der Waals surface area (Å²) in [6.07, 6.45) is 0. The first kappa shape index (κ1) is 13.3. The van der Waals surface area contributed by atoms with Crippen molar-refractivity contribution in [3.8, 4) is 0 Å². The molecule has 1 unspecified atom stereocenters. The van der Waals surface area contributed by atoms with E-state index in [0.29, 0.717) is 25.3 Å². The Hall–Kier alpha value is -1.11. The Kier molecular flexibility index (Phi) is 3.61. The lowest BCUT2D eigenvalue weighted by molar-refractivity contribution is 0.363. The summed E-state index contributed by atoms with van der Waals surface area (Å²) in [5.41, 5.74) is 7.43. The van der Waals surface area contributed by atoms with Crippen LogP contribution in [0.5, 0.6) is 0 Å². The van der Waals surface area contributed by atoms with Crippen LogP contribution in [0.25, 0.3) is 0 Å². The van der Waals surface area contributed by atoms with E-state index < -0.39 is 10.2 Å². The van der Waals surface area contributed by atoms with Gasteiger partial charge in [-0.15, -0.1) is 0 Å². The molecule has 1 aromatic carbocycles. The van der Waals surface area contributed by atoms with Gasteiger partial charge in [-0.2, -0.15) is 12.7 Å².